The molecule has 1 aromatic carbocycles. The van der Waals surface area contributed by atoms with E-state index in [1.807, 2.05) is 13.0 Å². The normalized spacial score (nSPS) is 20.8. The molecule has 2 atom stereocenters. The van der Waals surface area contributed by atoms with E-state index in [1.54, 1.807) is 7.11 Å². The molecule has 0 saturated carbocycles. The fourth-order valence-corrected chi connectivity index (χ4v) is 2.47. The molecule has 0 bridgehead atoms. The number of hydrogen-bond acceptors (Lipinski definition) is 3. The average molecular weight is 235 g/mol. The molecule has 0 fully saturated rings. The number of rotatable bonds is 4. The van der Waals surface area contributed by atoms with E-state index >= 15 is 0 Å². The SMILES string of the molecule is COc1ccc2c(c1)C(NC(C)CO)CCC2. The third-order valence-electron chi connectivity index (χ3n) is 3.43. The third-order valence-corrected chi connectivity index (χ3v) is 3.43. The van der Waals surface area contributed by atoms with Gasteiger partial charge in [0.05, 0.1) is 13.7 Å². The summed E-state index contributed by atoms with van der Waals surface area (Å²) in [6.45, 7) is 2.18. The summed E-state index contributed by atoms with van der Waals surface area (Å²) in [7, 11) is 1.70. The van der Waals surface area contributed by atoms with E-state index < -0.39 is 0 Å². The van der Waals surface area contributed by atoms with Crippen LogP contribution in [0.2, 0.25) is 0 Å². The van der Waals surface area contributed by atoms with Crippen LogP contribution in [0.4, 0.5) is 0 Å². The highest BCUT2D eigenvalue weighted by Crippen LogP contribution is 2.32. The number of aliphatic hydroxyl groups excluding tert-OH is 1. The predicted octanol–water partition coefficient (Wildman–Crippen LogP) is 2.04. The highest BCUT2D eigenvalue weighted by atomic mass is 16.5. The minimum absolute atomic E-state index is 0.136. The van der Waals surface area contributed by atoms with Gasteiger partial charge in [0, 0.05) is 12.1 Å². The highest BCUT2D eigenvalue weighted by Gasteiger charge is 2.21. The van der Waals surface area contributed by atoms with Crippen LogP contribution in [0.25, 0.3) is 0 Å². The van der Waals surface area contributed by atoms with Crippen molar-refractivity contribution < 1.29 is 9.84 Å². The Morgan fingerprint density at radius 1 is 1.53 bits per heavy atom. The van der Waals surface area contributed by atoms with Crippen molar-refractivity contribution in [1.82, 2.24) is 5.32 Å². The molecule has 1 aromatic rings. The van der Waals surface area contributed by atoms with E-state index in [1.165, 1.54) is 17.5 Å². The van der Waals surface area contributed by atoms with Crippen molar-refractivity contribution in [2.75, 3.05) is 13.7 Å². The molecule has 1 aliphatic carbocycles. The molecule has 0 aliphatic heterocycles. The second kappa shape index (κ2) is 5.52. The second-order valence-electron chi connectivity index (χ2n) is 4.76. The van der Waals surface area contributed by atoms with Crippen molar-refractivity contribution in [2.24, 2.45) is 0 Å². The van der Waals surface area contributed by atoms with Gasteiger partial charge in [-0.15, -0.1) is 0 Å². The number of methoxy groups -OCH3 is 1. The molecule has 2 rings (SSSR count). The molecule has 94 valence electrons. The van der Waals surface area contributed by atoms with Gasteiger partial charge in [0.25, 0.3) is 0 Å². The Kier molecular flexibility index (Phi) is 4.02. The molecule has 17 heavy (non-hydrogen) atoms. The maximum absolute atomic E-state index is 9.13. The Morgan fingerprint density at radius 2 is 2.35 bits per heavy atom. The molecule has 2 unspecified atom stereocenters. The third kappa shape index (κ3) is 2.79. The van der Waals surface area contributed by atoms with Crippen LogP contribution in [-0.4, -0.2) is 24.9 Å². The summed E-state index contributed by atoms with van der Waals surface area (Å²) in [5.41, 5.74) is 2.73. The van der Waals surface area contributed by atoms with Gasteiger partial charge in [-0.3, -0.25) is 0 Å². The fourth-order valence-electron chi connectivity index (χ4n) is 2.47. The lowest BCUT2D eigenvalue weighted by molar-refractivity contribution is 0.236. The number of fused-ring (bicyclic) bond motifs is 1. The minimum Gasteiger partial charge on any atom is -0.497 e. The zero-order valence-corrected chi connectivity index (χ0v) is 10.6. The first-order valence-electron chi connectivity index (χ1n) is 6.28. The molecule has 0 heterocycles. The fraction of sp³-hybridized carbons (Fsp3) is 0.571. The van der Waals surface area contributed by atoms with Crippen LogP contribution in [0.3, 0.4) is 0 Å². The number of benzene rings is 1. The molecule has 2 N–H and O–H groups in total. The quantitative estimate of drug-likeness (QED) is 0.839. The van der Waals surface area contributed by atoms with Gasteiger partial charge < -0.3 is 15.2 Å². The number of ether oxygens (including phenoxy) is 1. The highest BCUT2D eigenvalue weighted by molar-refractivity contribution is 5.39. The van der Waals surface area contributed by atoms with Gasteiger partial charge in [-0.05, 0) is 49.4 Å². The molecule has 0 radical (unpaired) electrons. The van der Waals surface area contributed by atoms with E-state index in [4.69, 9.17) is 9.84 Å². The Labute approximate surface area is 103 Å². The zero-order valence-electron chi connectivity index (χ0n) is 10.6. The van der Waals surface area contributed by atoms with Crippen LogP contribution in [-0.2, 0) is 6.42 Å². The van der Waals surface area contributed by atoms with E-state index in [0.717, 1.165) is 18.6 Å². The summed E-state index contributed by atoms with van der Waals surface area (Å²) in [6.07, 6.45) is 3.48. The predicted molar refractivity (Wildman–Crippen MR) is 68.4 cm³/mol. The lowest BCUT2D eigenvalue weighted by atomic mass is 9.87. The first-order valence-corrected chi connectivity index (χ1v) is 6.28. The number of aliphatic hydroxyl groups is 1. The molecule has 0 saturated heterocycles. The zero-order chi connectivity index (χ0) is 12.3. The van der Waals surface area contributed by atoms with Crippen LogP contribution < -0.4 is 10.1 Å². The molecule has 3 heteroatoms. The van der Waals surface area contributed by atoms with Gasteiger partial charge in [-0.25, -0.2) is 0 Å². The second-order valence-corrected chi connectivity index (χ2v) is 4.76. The smallest absolute Gasteiger partial charge is 0.119 e. The molecule has 3 nitrogen and oxygen atoms in total. The molecule has 1 aliphatic rings. The summed E-state index contributed by atoms with van der Waals surface area (Å²) in [6, 6.07) is 6.78. The lowest BCUT2D eigenvalue weighted by Gasteiger charge is -2.29. The molecule has 0 spiro atoms. The monoisotopic (exact) mass is 235 g/mol. The van der Waals surface area contributed by atoms with E-state index in [0.29, 0.717) is 6.04 Å². The van der Waals surface area contributed by atoms with Crippen molar-refractivity contribution in [1.29, 1.82) is 0 Å². The minimum atomic E-state index is 0.136. The summed E-state index contributed by atoms with van der Waals surface area (Å²) >= 11 is 0. The van der Waals surface area contributed by atoms with Gasteiger partial charge >= 0.3 is 0 Å². The van der Waals surface area contributed by atoms with E-state index in [9.17, 15) is 0 Å². The Morgan fingerprint density at radius 3 is 3.06 bits per heavy atom. The molecule has 0 aromatic heterocycles. The largest absolute Gasteiger partial charge is 0.497 e. The topological polar surface area (TPSA) is 41.5 Å². The maximum Gasteiger partial charge on any atom is 0.119 e. The van der Waals surface area contributed by atoms with Crippen molar-refractivity contribution in [3.05, 3.63) is 29.3 Å². The van der Waals surface area contributed by atoms with Crippen LogP contribution in [0.15, 0.2) is 18.2 Å². The molecular weight excluding hydrogens is 214 g/mol. The van der Waals surface area contributed by atoms with Gasteiger partial charge in [0.1, 0.15) is 5.75 Å². The Bertz CT molecular complexity index is 378. The van der Waals surface area contributed by atoms with Crippen molar-refractivity contribution in [3.8, 4) is 5.75 Å². The van der Waals surface area contributed by atoms with Crippen LogP contribution >= 0.6 is 0 Å². The Balaban J connectivity index is 2.22. The number of aryl methyl sites for hydroxylation is 1. The van der Waals surface area contributed by atoms with Gasteiger partial charge in [-0.2, -0.15) is 0 Å². The maximum atomic E-state index is 9.13. The number of nitrogens with one attached hydrogen (secondary N) is 1. The van der Waals surface area contributed by atoms with Gasteiger partial charge in [0.2, 0.25) is 0 Å². The summed E-state index contributed by atoms with van der Waals surface area (Å²) in [5.74, 6) is 0.911. The Hall–Kier alpha value is -1.06. The van der Waals surface area contributed by atoms with Crippen molar-refractivity contribution in [2.45, 2.75) is 38.3 Å². The van der Waals surface area contributed by atoms with Gasteiger partial charge in [-0.1, -0.05) is 6.07 Å². The number of hydrogen-bond donors (Lipinski definition) is 2. The van der Waals surface area contributed by atoms with Crippen molar-refractivity contribution >= 4 is 0 Å². The van der Waals surface area contributed by atoms with Crippen LogP contribution in [0.1, 0.15) is 36.9 Å². The van der Waals surface area contributed by atoms with Crippen LogP contribution in [0, 0.1) is 0 Å². The van der Waals surface area contributed by atoms with Crippen LogP contribution in [0.5, 0.6) is 5.75 Å². The summed E-state index contributed by atoms with van der Waals surface area (Å²) in [4.78, 5) is 0. The lowest BCUT2D eigenvalue weighted by Crippen LogP contribution is -2.34. The van der Waals surface area contributed by atoms with E-state index in [-0.39, 0.29) is 12.6 Å². The summed E-state index contributed by atoms with van der Waals surface area (Å²) in [5, 5.41) is 12.6. The average Bonchev–Trinajstić information content (AvgIpc) is 2.38. The van der Waals surface area contributed by atoms with E-state index in [2.05, 4.69) is 17.4 Å². The summed E-state index contributed by atoms with van der Waals surface area (Å²) < 4.78 is 5.28. The van der Waals surface area contributed by atoms with Crippen molar-refractivity contribution in [3.63, 3.8) is 0 Å². The van der Waals surface area contributed by atoms with Gasteiger partial charge in [0.15, 0.2) is 0 Å². The first-order chi connectivity index (χ1) is 8.24. The standard InChI is InChI=1S/C14H21NO2/c1-10(9-16)15-14-5-3-4-11-6-7-12(17-2)8-13(11)14/h6-8,10,14-16H,3-5,9H2,1-2H3. The molecular formula is C14H21NO2. The molecule has 0 amide bonds. The first kappa shape index (κ1) is 12.4.